The van der Waals surface area contributed by atoms with Crippen LogP contribution in [0.4, 0.5) is 0 Å². The molecule has 0 aliphatic carbocycles. The molecule has 0 saturated carbocycles. The molecule has 2 heterocycles. The summed E-state index contributed by atoms with van der Waals surface area (Å²) in [5, 5.41) is 3.17. The van der Waals surface area contributed by atoms with E-state index in [1.807, 2.05) is 0 Å². The summed E-state index contributed by atoms with van der Waals surface area (Å²) in [4.78, 5) is 11.8. The first kappa shape index (κ1) is 9.12. The Morgan fingerprint density at radius 1 is 1.23 bits per heavy atom. The van der Waals surface area contributed by atoms with Gasteiger partial charge in [-0.15, -0.1) is 0 Å². The summed E-state index contributed by atoms with van der Waals surface area (Å²) < 4.78 is 10.4. The van der Waals surface area contributed by atoms with Gasteiger partial charge < -0.3 is 14.8 Å². The molecule has 2 atom stereocenters. The lowest BCUT2D eigenvalue weighted by Gasteiger charge is -2.24. The van der Waals surface area contributed by atoms with Gasteiger partial charge in [0.25, 0.3) is 0 Å². The first-order valence-corrected chi connectivity index (χ1v) is 4.80. The average Bonchev–Trinajstić information content (AvgIpc) is 2.71. The smallest absolute Gasteiger partial charge is 0.157 e. The van der Waals surface area contributed by atoms with E-state index in [2.05, 4.69) is 5.32 Å². The van der Waals surface area contributed by atoms with Crippen LogP contribution in [-0.4, -0.2) is 44.8 Å². The molecule has 0 aromatic carbocycles. The van der Waals surface area contributed by atoms with Crippen LogP contribution in [0.5, 0.6) is 0 Å². The van der Waals surface area contributed by atoms with Gasteiger partial charge in [0.2, 0.25) is 0 Å². The third-order valence-electron chi connectivity index (χ3n) is 2.60. The van der Waals surface area contributed by atoms with E-state index in [9.17, 15) is 4.79 Å². The fourth-order valence-electron chi connectivity index (χ4n) is 1.79. The van der Waals surface area contributed by atoms with E-state index in [-0.39, 0.29) is 17.7 Å². The molecule has 74 valence electrons. The van der Waals surface area contributed by atoms with E-state index in [1.165, 1.54) is 0 Å². The van der Waals surface area contributed by atoms with Crippen LogP contribution in [0, 0.1) is 5.92 Å². The highest BCUT2D eigenvalue weighted by molar-refractivity contribution is 5.86. The molecule has 2 aliphatic heterocycles. The summed E-state index contributed by atoms with van der Waals surface area (Å²) in [7, 11) is 0. The quantitative estimate of drug-likeness (QED) is 0.635. The molecule has 0 radical (unpaired) electrons. The zero-order valence-corrected chi connectivity index (χ0v) is 7.62. The Kier molecular flexibility index (Phi) is 2.93. The highest BCUT2D eigenvalue weighted by Crippen LogP contribution is 2.15. The number of hydrogen-bond acceptors (Lipinski definition) is 4. The van der Waals surface area contributed by atoms with Crippen LogP contribution in [0.3, 0.4) is 0 Å². The number of ketones is 1. The molecule has 1 N–H and O–H groups in total. The molecular weight excluding hydrogens is 170 g/mol. The van der Waals surface area contributed by atoms with Crippen molar-refractivity contribution in [3.05, 3.63) is 0 Å². The van der Waals surface area contributed by atoms with E-state index in [1.54, 1.807) is 0 Å². The average molecular weight is 185 g/mol. The largest absolute Gasteiger partial charge is 0.381 e. The molecule has 0 spiro atoms. The number of nitrogens with one attached hydrogen (secondary N) is 1. The summed E-state index contributed by atoms with van der Waals surface area (Å²) in [6.45, 7) is 3.34. The minimum atomic E-state index is -0.0968. The van der Waals surface area contributed by atoms with Crippen molar-refractivity contribution in [3.8, 4) is 0 Å². The molecule has 4 nitrogen and oxygen atoms in total. The van der Waals surface area contributed by atoms with Gasteiger partial charge in [0.15, 0.2) is 5.78 Å². The lowest BCUT2D eigenvalue weighted by atomic mass is 9.97. The maximum Gasteiger partial charge on any atom is 0.157 e. The fourth-order valence-corrected chi connectivity index (χ4v) is 1.79. The number of rotatable bonds is 2. The molecule has 0 bridgehead atoms. The maximum atomic E-state index is 11.8. The van der Waals surface area contributed by atoms with Gasteiger partial charge in [-0.1, -0.05) is 0 Å². The van der Waals surface area contributed by atoms with Crippen molar-refractivity contribution in [2.45, 2.75) is 12.5 Å². The van der Waals surface area contributed by atoms with Crippen LogP contribution in [0.15, 0.2) is 0 Å². The summed E-state index contributed by atoms with van der Waals surface area (Å²) >= 11 is 0. The fraction of sp³-hybridized carbons (Fsp3) is 0.889. The molecule has 2 aliphatic rings. The van der Waals surface area contributed by atoms with Crippen molar-refractivity contribution >= 4 is 5.78 Å². The van der Waals surface area contributed by atoms with Gasteiger partial charge >= 0.3 is 0 Å². The highest BCUT2D eigenvalue weighted by Gasteiger charge is 2.30. The van der Waals surface area contributed by atoms with Crippen LogP contribution in [-0.2, 0) is 14.3 Å². The summed E-state index contributed by atoms with van der Waals surface area (Å²) in [6, 6.07) is -0.0968. The molecule has 0 aromatic rings. The molecule has 0 amide bonds. The van der Waals surface area contributed by atoms with Crippen LogP contribution >= 0.6 is 0 Å². The Morgan fingerprint density at radius 3 is 2.69 bits per heavy atom. The van der Waals surface area contributed by atoms with E-state index >= 15 is 0 Å². The molecule has 2 rings (SSSR count). The van der Waals surface area contributed by atoms with Crippen molar-refractivity contribution in [1.82, 2.24) is 5.32 Å². The Bertz CT molecular complexity index is 183. The normalized spacial score (nSPS) is 34.8. The molecule has 0 aromatic heterocycles. The first-order valence-electron chi connectivity index (χ1n) is 4.80. The van der Waals surface area contributed by atoms with Crippen LogP contribution in [0.2, 0.25) is 0 Å². The van der Waals surface area contributed by atoms with Crippen molar-refractivity contribution < 1.29 is 14.3 Å². The minimum absolute atomic E-state index is 0.0965. The topological polar surface area (TPSA) is 47.6 Å². The van der Waals surface area contributed by atoms with Gasteiger partial charge in [-0.25, -0.2) is 0 Å². The third-order valence-corrected chi connectivity index (χ3v) is 2.60. The van der Waals surface area contributed by atoms with Gasteiger partial charge in [0.05, 0.1) is 25.9 Å². The molecule has 2 unspecified atom stereocenters. The van der Waals surface area contributed by atoms with Crippen LogP contribution < -0.4 is 5.32 Å². The predicted molar refractivity (Wildman–Crippen MR) is 46.5 cm³/mol. The van der Waals surface area contributed by atoms with Crippen molar-refractivity contribution in [3.63, 3.8) is 0 Å². The standard InChI is InChI=1S/C9H15NO3/c11-9(7-1-3-12-5-7)8-6-13-4-2-10-8/h7-8,10H,1-6H2. The van der Waals surface area contributed by atoms with Crippen molar-refractivity contribution in [1.29, 1.82) is 0 Å². The summed E-state index contributed by atoms with van der Waals surface area (Å²) in [5.41, 5.74) is 0. The Morgan fingerprint density at radius 2 is 2.08 bits per heavy atom. The molecule has 4 heteroatoms. The van der Waals surface area contributed by atoms with Crippen molar-refractivity contribution in [2.75, 3.05) is 33.0 Å². The van der Waals surface area contributed by atoms with Crippen molar-refractivity contribution in [2.24, 2.45) is 5.92 Å². The second-order valence-electron chi connectivity index (χ2n) is 3.54. The number of carbonyl (C=O) groups is 1. The van der Waals surface area contributed by atoms with Gasteiger partial charge in [0, 0.05) is 19.1 Å². The van der Waals surface area contributed by atoms with E-state index in [4.69, 9.17) is 9.47 Å². The van der Waals surface area contributed by atoms with Gasteiger partial charge in [0.1, 0.15) is 0 Å². The van der Waals surface area contributed by atoms with E-state index < -0.39 is 0 Å². The Labute approximate surface area is 77.6 Å². The molecule has 2 fully saturated rings. The SMILES string of the molecule is O=C(C1CCOC1)C1COCCN1. The minimum Gasteiger partial charge on any atom is -0.381 e. The summed E-state index contributed by atoms with van der Waals surface area (Å²) in [5.74, 6) is 0.358. The second kappa shape index (κ2) is 4.17. The number of carbonyl (C=O) groups excluding carboxylic acids is 1. The second-order valence-corrected chi connectivity index (χ2v) is 3.54. The Balaban J connectivity index is 1.87. The number of ether oxygens (including phenoxy) is 2. The van der Waals surface area contributed by atoms with Gasteiger partial charge in [-0.05, 0) is 6.42 Å². The van der Waals surface area contributed by atoms with E-state index in [0.717, 1.165) is 19.6 Å². The van der Waals surface area contributed by atoms with E-state index in [0.29, 0.717) is 19.8 Å². The maximum absolute atomic E-state index is 11.8. The highest BCUT2D eigenvalue weighted by atomic mass is 16.5. The summed E-state index contributed by atoms with van der Waals surface area (Å²) in [6.07, 6.45) is 0.872. The molecule has 13 heavy (non-hydrogen) atoms. The number of Topliss-reactive ketones (excluding diaryl/α,β-unsaturated/α-hetero) is 1. The number of hydrogen-bond donors (Lipinski definition) is 1. The van der Waals surface area contributed by atoms with Gasteiger partial charge in [-0.3, -0.25) is 4.79 Å². The lowest BCUT2D eigenvalue weighted by Crippen LogP contribution is -2.48. The molecule has 2 saturated heterocycles. The van der Waals surface area contributed by atoms with Crippen LogP contribution in [0.25, 0.3) is 0 Å². The Hall–Kier alpha value is -0.450. The third kappa shape index (κ3) is 2.07. The number of morpholine rings is 1. The monoisotopic (exact) mass is 185 g/mol. The first-order chi connectivity index (χ1) is 6.38. The zero-order valence-electron chi connectivity index (χ0n) is 7.62. The molecular formula is C9H15NO3. The predicted octanol–water partition coefficient (Wildman–Crippen LogP) is -0.420. The van der Waals surface area contributed by atoms with Crippen LogP contribution in [0.1, 0.15) is 6.42 Å². The lowest BCUT2D eigenvalue weighted by molar-refractivity contribution is -0.127. The zero-order chi connectivity index (χ0) is 9.10. The van der Waals surface area contributed by atoms with Gasteiger partial charge in [-0.2, -0.15) is 0 Å².